The molecule has 1 aliphatic carbocycles. The maximum Gasteiger partial charge on any atom is 0.0816 e. The van der Waals surface area contributed by atoms with Crippen molar-refractivity contribution in [1.29, 1.82) is 0 Å². The van der Waals surface area contributed by atoms with E-state index in [-0.39, 0.29) is 5.92 Å². The minimum Gasteiger partial charge on any atom is -0.250 e. The lowest BCUT2D eigenvalue weighted by molar-refractivity contribution is 1.15. The first-order chi connectivity index (χ1) is 27.3. The van der Waals surface area contributed by atoms with Crippen LogP contribution < -0.4 is 0 Å². The molecule has 7 aromatic rings. The summed E-state index contributed by atoms with van der Waals surface area (Å²) in [6, 6.07) is 69.1. The zero-order valence-electron chi connectivity index (χ0n) is 29.9. The van der Waals surface area contributed by atoms with Gasteiger partial charge in [-0.1, -0.05) is 194 Å². The van der Waals surface area contributed by atoms with Gasteiger partial charge >= 0.3 is 0 Å². The van der Waals surface area contributed by atoms with E-state index < -0.39 is 0 Å². The smallest absolute Gasteiger partial charge is 0.0816 e. The van der Waals surface area contributed by atoms with Crippen molar-refractivity contribution >= 4 is 50.9 Å². The average molecular weight is 700 g/mol. The summed E-state index contributed by atoms with van der Waals surface area (Å²) < 4.78 is 0. The minimum atomic E-state index is -0.245. The Labute approximate surface area is 320 Å². The molecule has 0 fully saturated rings. The van der Waals surface area contributed by atoms with Gasteiger partial charge in [0.1, 0.15) is 0 Å². The molecule has 7 aromatic carbocycles. The molecule has 3 nitrogen and oxygen atoms in total. The molecule has 0 radical (unpaired) electrons. The van der Waals surface area contributed by atoms with Gasteiger partial charge in [-0.15, -0.1) is 0 Å². The highest BCUT2D eigenvalue weighted by Gasteiger charge is 2.39. The van der Waals surface area contributed by atoms with E-state index in [1.54, 1.807) is 0 Å². The monoisotopic (exact) mass is 699 g/mol. The fourth-order valence-corrected chi connectivity index (χ4v) is 8.74. The third kappa shape index (κ3) is 4.94. The fraction of sp³-hybridized carbons (Fsp3) is 0.0192. The molecule has 4 aliphatic rings. The van der Waals surface area contributed by atoms with Crippen LogP contribution in [-0.4, -0.2) is 17.1 Å². The van der Waals surface area contributed by atoms with Crippen LogP contribution in [0.15, 0.2) is 209 Å². The number of allylic oxidation sites excluding steroid dienone is 3. The van der Waals surface area contributed by atoms with Crippen LogP contribution >= 0.6 is 0 Å². The van der Waals surface area contributed by atoms with E-state index in [0.29, 0.717) is 0 Å². The molecule has 1 unspecified atom stereocenters. The number of aliphatic imine (C=N–C) groups is 3. The molecule has 0 saturated heterocycles. The van der Waals surface area contributed by atoms with Crippen molar-refractivity contribution in [2.45, 2.75) is 5.92 Å². The quantitative estimate of drug-likeness (QED) is 0.175. The number of nitrogens with zero attached hydrogens (tertiary/aromatic N) is 3. The van der Waals surface area contributed by atoms with Gasteiger partial charge in [0.25, 0.3) is 0 Å². The summed E-state index contributed by atoms with van der Waals surface area (Å²) in [6.07, 6.45) is 0. The average Bonchev–Trinajstić information content (AvgIpc) is 3.94. The van der Waals surface area contributed by atoms with E-state index in [1.165, 1.54) is 0 Å². The van der Waals surface area contributed by atoms with E-state index in [9.17, 15) is 0 Å². The summed E-state index contributed by atoms with van der Waals surface area (Å²) >= 11 is 0. The summed E-state index contributed by atoms with van der Waals surface area (Å²) in [4.78, 5) is 17.4. The highest BCUT2D eigenvalue weighted by molar-refractivity contribution is 6.47. The fourth-order valence-electron chi connectivity index (χ4n) is 8.74. The van der Waals surface area contributed by atoms with Crippen LogP contribution in [0.4, 0.5) is 0 Å². The van der Waals surface area contributed by atoms with Crippen LogP contribution in [0.1, 0.15) is 61.6 Å². The highest BCUT2D eigenvalue weighted by Crippen LogP contribution is 2.51. The number of rotatable bonds is 4. The van der Waals surface area contributed by atoms with E-state index in [2.05, 4.69) is 194 Å². The van der Waals surface area contributed by atoms with Gasteiger partial charge in [-0.2, -0.15) is 0 Å². The summed E-state index contributed by atoms with van der Waals surface area (Å²) in [5.74, 6) is -0.245. The molecule has 3 aliphatic heterocycles. The van der Waals surface area contributed by atoms with Crippen molar-refractivity contribution in [3.8, 4) is 0 Å². The van der Waals surface area contributed by atoms with E-state index >= 15 is 0 Å². The van der Waals surface area contributed by atoms with E-state index in [1.807, 2.05) is 0 Å². The highest BCUT2D eigenvalue weighted by atomic mass is 14.9. The van der Waals surface area contributed by atoms with Crippen LogP contribution in [0, 0.1) is 0 Å². The first-order valence-electron chi connectivity index (χ1n) is 18.8. The van der Waals surface area contributed by atoms with Crippen LogP contribution in [0.25, 0.3) is 33.8 Å². The summed E-state index contributed by atoms with van der Waals surface area (Å²) in [5.41, 5.74) is 19.8. The molecule has 0 N–H and O–H groups in total. The van der Waals surface area contributed by atoms with Gasteiger partial charge in [0.15, 0.2) is 0 Å². The first kappa shape index (κ1) is 31.3. The zero-order valence-corrected chi connectivity index (χ0v) is 29.9. The second kappa shape index (κ2) is 12.7. The number of benzene rings is 7. The first-order valence-corrected chi connectivity index (χ1v) is 18.8. The molecule has 55 heavy (non-hydrogen) atoms. The second-order valence-corrected chi connectivity index (χ2v) is 14.2. The molecule has 0 spiro atoms. The molecular formula is C52H33N3. The Kier molecular flexibility index (Phi) is 7.24. The molecule has 0 saturated carbocycles. The molecule has 3 heterocycles. The third-order valence-electron chi connectivity index (χ3n) is 11.1. The van der Waals surface area contributed by atoms with Crippen LogP contribution in [0.2, 0.25) is 0 Å². The van der Waals surface area contributed by atoms with Gasteiger partial charge < -0.3 is 0 Å². The van der Waals surface area contributed by atoms with Crippen molar-refractivity contribution in [3.63, 3.8) is 0 Å². The summed E-state index contributed by atoms with van der Waals surface area (Å²) in [7, 11) is 0. The molecule has 11 rings (SSSR count). The van der Waals surface area contributed by atoms with Crippen molar-refractivity contribution in [3.05, 3.63) is 250 Å². The maximum atomic E-state index is 5.83. The predicted octanol–water partition coefficient (Wildman–Crippen LogP) is 11.9. The maximum absolute atomic E-state index is 5.83. The van der Waals surface area contributed by atoms with Gasteiger partial charge in [-0.25, -0.2) is 9.98 Å². The van der Waals surface area contributed by atoms with E-state index in [0.717, 1.165) is 107 Å². The summed E-state index contributed by atoms with van der Waals surface area (Å²) in [5, 5.41) is 0. The Morgan fingerprint density at radius 3 is 1.18 bits per heavy atom. The molecular weight excluding hydrogens is 667 g/mol. The Morgan fingerprint density at radius 2 is 0.655 bits per heavy atom. The molecule has 6 bridgehead atoms. The van der Waals surface area contributed by atoms with E-state index in [4.69, 9.17) is 15.0 Å². The Balaban J connectivity index is 1.39. The lowest BCUT2D eigenvalue weighted by Gasteiger charge is -2.24. The molecule has 0 aromatic heterocycles. The zero-order chi connectivity index (χ0) is 36.3. The summed E-state index contributed by atoms with van der Waals surface area (Å²) in [6.45, 7) is 0. The van der Waals surface area contributed by atoms with Crippen molar-refractivity contribution in [1.82, 2.24) is 0 Å². The minimum absolute atomic E-state index is 0.245. The van der Waals surface area contributed by atoms with Gasteiger partial charge in [-0.05, 0) is 27.8 Å². The molecule has 3 heteroatoms. The second-order valence-electron chi connectivity index (χ2n) is 14.2. The van der Waals surface area contributed by atoms with Crippen LogP contribution in [0.5, 0.6) is 0 Å². The van der Waals surface area contributed by atoms with Gasteiger partial charge in [0.05, 0.1) is 40.1 Å². The molecule has 1 atom stereocenters. The van der Waals surface area contributed by atoms with Crippen LogP contribution in [-0.2, 0) is 0 Å². The SMILES string of the molecule is c1ccc(/C2=C3N=C(/C(c4ccccc4)=C4\N=C(c5ccccc54)C(c4ccccc4)/C(c4ccccc4)=C4N=C2c2ccccc2\4)c2ccccc2/3)cc1. The normalized spacial score (nSPS) is 20.6. The van der Waals surface area contributed by atoms with Crippen molar-refractivity contribution in [2.75, 3.05) is 0 Å². The Morgan fingerprint density at radius 1 is 0.291 bits per heavy atom. The molecule has 256 valence electrons. The van der Waals surface area contributed by atoms with Gasteiger partial charge in [-0.3, -0.25) is 4.99 Å². The number of hydrogen-bond acceptors (Lipinski definition) is 3. The lowest BCUT2D eigenvalue weighted by Crippen LogP contribution is -2.16. The largest absolute Gasteiger partial charge is 0.250 e. The van der Waals surface area contributed by atoms with Crippen LogP contribution in [0.3, 0.4) is 0 Å². The standard InChI is InChI=1S/C52H33N3/c1-5-19-33(20-6-1)43-44(34-21-7-2-8-22-34)48-38-28-14-16-30-40(38)50(54-48)46(36-25-11-4-12-26-36)52-42-32-18-17-31-41(42)51(55-52)45(35-23-9-3-10-24-35)49-39-29-15-13-27-37(39)47(43)53-49/h1-32,43H/b48-44-,49-45-,52-46-. The van der Waals surface area contributed by atoms with Crippen molar-refractivity contribution < 1.29 is 0 Å². The predicted molar refractivity (Wildman–Crippen MR) is 228 cm³/mol. The van der Waals surface area contributed by atoms with Crippen molar-refractivity contribution in [2.24, 2.45) is 15.0 Å². The lowest BCUT2D eigenvalue weighted by atomic mass is 9.78. The van der Waals surface area contributed by atoms with Gasteiger partial charge in [0.2, 0.25) is 0 Å². The Bertz CT molecular complexity index is 2870. The van der Waals surface area contributed by atoms with Gasteiger partial charge in [0, 0.05) is 44.5 Å². The third-order valence-corrected chi connectivity index (χ3v) is 11.1. The number of hydrogen-bond donors (Lipinski definition) is 0. The topological polar surface area (TPSA) is 37.1 Å². The Hall–Kier alpha value is -7.23. The molecule has 0 amide bonds.